The zero-order valence-electron chi connectivity index (χ0n) is 35.6. The van der Waals surface area contributed by atoms with Crippen LogP contribution in [0.3, 0.4) is 0 Å². The van der Waals surface area contributed by atoms with Crippen molar-refractivity contribution in [3.05, 3.63) is 48.6 Å². The Hall–Kier alpha value is -1.62. The van der Waals surface area contributed by atoms with E-state index in [2.05, 4.69) is 25.2 Å². The summed E-state index contributed by atoms with van der Waals surface area (Å²) in [5.41, 5.74) is 0. The second-order valence-corrected chi connectivity index (χ2v) is 17.6. The second-order valence-electron chi connectivity index (χ2n) is 16.1. The summed E-state index contributed by atoms with van der Waals surface area (Å²) in [5.74, 6) is -0.331. The highest BCUT2D eigenvalue weighted by molar-refractivity contribution is 7.47. The third kappa shape index (κ3) is 37.7. The number of hydrogen-bond donors (Lipinski definition) is 5. The van der Waals surface area contributed by atoms with Crippen LogP contribution >= 0.6 is 7.82 Å². The molecule has 1 amide bonds. The summed E-state index contributed by atoms with van der Waals surface area (Å²) in [6.07, 6.45) is 36.1. The van der Waals surface area contributed by atoms with Crippen LogP contribution in [0.1, 0.15) is 162 Å². The van der Waals surface area contributed by atoms with Gasteiger partial charge in [-0.2, -0.15) is 0 Å². The van der Waals surface area contributed by atoms with E-state index in [1.165, 1.54) is 89.9 Å². The summed E-state index contributed by atoms with van der Waals surface area (Å²) in [4.78, 5) is 23.1. The Kier molecular flexibility index (Phi) is 34.5. The molecule has 0 saturated heterocycles. The molecule has 55 heavy (non-hydrogen) atoms. The van der Waals surface area contributed by atoms with E-state index in [9.17, 15) is 29.6 Å². The number of nitrogens with zero attached hydrogens (tertiary/aromatic N) is 1. The number of phosphoric acid groups is 1. The number of likely N-dealkylation sites (N-methyl/N-ethyl adjacent to an activating group) is 1. The number of allylic oxidation sites excluding steroid dienone is 5. The number of phosphoric ester groups is 1. The molecule has 0 heterocycles. The highest BCUT2D eigenvalue weighted by atomic mass is 31.2. The number of unbranched alkanes of at least 4 members (excludes halogenated alkanes) is 16. The summed E-state index contributed by atoms with van der Waals surface area (Å²) in [6, 6.07) is -0.875. The molecule has 0 fully saturated rings. The number of carbonyl (C=O) groups is 1. The summed E-state index contributed by atoms with van der Waals surface area (Å²) in [5, 5.41) is 34.2. The van der Waals surface area contributed by atoms with Crippen molar-refractivity contribution in [2.45, 2.75) is 186 Å². The third-order valence-electron chi connectivity index (χ3n) is 9.52. The molecule has 11 heteroatoms. The summed E-state index contributed by atoms with van der Waals surface area (Å²) < 4.78 is 23.5. The first-order valence-corrected chi connectivity index (χ1v) is 23.2. The topological polar surface area (TPSA) is 146 Å². The van der Waals surface area contributed by atoms with Crippen LogP contribution in [-0.2, 0) is 18.4 Å². The van der Waals surface area contributed by atoms with Crippen molar-refractivity contribution in [3.8, 4) is 0 Å². The van der Waals surface area contributed by atoms with Crippen LogP contribution in [0.15, 0.2) is 48.6 Å². The van der Waals surface area contributed by atoms with E-state index in [0.717, 1.165) is 25.7 Å². The van der Waals surface area contributed by atoms with Crippen molar-refractivity contribution < 1.29 is 43.1 Å². The average Bonchev–Trinajstić information content (AvgIpc) is 3.12. The van der Waals surface area contributed by atoms with Gasteiger partial charge < -0.3 is 30.0 Å². The summed E-state index contributed by atoms with van der Waals surface area (Å²) in [6.45, 7) is 4.60. The molecule has 5 atom stereocenters. The molecule has 0 radical (unpaired) electrons. The predicted octanol–water partition coefficient (Wildman–Crippen LogP) is 9.63. The monoisotopic (exact) mass is 800 g/mol. The number of rotatable bonds is 38. The molecule has 0 bridgehead atoms. The first-order chi connectivity index (χ1) is 26.3. The fourth-order valence-corrected chi connectivity index (χ4v) is 6.68. The molecular formula is C44H84N2O8P+. The van der Waals surface area contributed by atoms with Crippen LogP contribution in [0.25, 0.3) is 0 Å². The van der Waals surface area contributed by atoms with Gasteiger partial charge >= 0.3 is 7.82 Å². The molecule has 1 unspecified atom stereocenters. The Balaban J connectivity index is 4.69. The molecule has 0 aliphatic rings. The van der Waals surface area contributed by atoms with Gasteiger partial charge in [0.2, 0.25) is 5.91 Å². The van der Waals surface area contributed by atoms with Crippen molar-refractivity contribution >= 4 is 13.7 Å². The maximum atomic E-state index is 12.9. The third-order valence-corrected chi connectivity index (χ3v) is 10.5. The molecule has 322 valence electrons. The van der Waals surface area contributed by atoms with Crippen LogP contribution < -0.4 is 5.32 Å². The molecule has 0 aliphatic carbocycles. The van der Waals surface area contributed by atoms with Gasteiger partial charge in [0.1, 0.15) is 13.2 Å². The summed E-state index contributed by atoms with van der Waals surface area (Å²) >= 11 is 0. The molecule has 5 N–H and O–H groups in total. The molecule has 0 aromatic carbocycles. The Bertz CT molecular complexity index is 1070. The van der Waals surface area contributed by atoms with Gasteiger partial charge in [-0.25, -0.2) is 4.57 Å². The van der Waals surface area contributed by atoms with E-state index in [0.29, 0.717) is 36.7 Å². The van der Waals surface area contributed by atoms with Gasteiger partial charge in [-0.1, -0.05) is 165 Å². The molecule has 0 aliphatic heterocycles. The number of amides is 1. The van der Waals surface area contributed by atoms with Gasteiger partial charge in [0.25, 0.3) is 0 Å². The largest absolute Gasteiger partial charge is 0.472 e. The van der Waals surface area contributed by atoms with E-state index in [-0.39, 0.29) is 25.5 Å². The fraction of sp³-hybridized carbons (Fsp3) is 0.795. The van der Waals surface area contributed by atoms with Crippen LogP contribution in [-0.4, -0.2) is 95.9 Å². The smallest absolute Gasteiger partial charge is 0.391 e. The number of aliphatic hydroxyl groups excluding tert-OH is 3. The van der Waals surface area contributed by atoms with E-state index >= 15 is 0 Å². The van der Waals surface area contributed by atoms with E-state index in [1.54, 1.807) is 36.5 Å². The maximum absolute atomic E-state index is 12.9. The van der Waals surface area contributed by atoms with Crippen molar-refractivity contribution in [2.24, 2.45) is 0 Å². The number of carbonyl (C=O) groups excluding carboxylic acids is 1. The quantitative estimate of drug-likeness (QED) is 0.0137. The maximum Gasteiger partial charge on any atom is 0.472 e. The Morgan fingerprint density at radius 2 is 1.20 bits per heavy atom. The average molecular weight is 800 g/mol. The lowest BCUT2D eigenvalue weighted by Crippen LogP contribution is -2.46. The van der Waals surface area contributed by atoms with Crippen molar-refractivity contribution in [3.63, 3.8) is 0 Å². The molecule has 0 rings (SSSR count). The lowest BCUT2D eigenvalue weighted by Gasteiger charge is -2.26. The van der Waals surface area contributed by atoms with Crippen LogP contribution in [0.2, 0.25) is 0 Å². The highest BCUT2D eigenvalue weighted by Gasteiger charge is 2.28. The van der Waals surface area contributed by atoms with E-state index in [1.807, 2.05) is 27.2 Å². The Morgan fingerprint density at radius 3 is 1.76 bits per heavy atom. The van der Waals surface area contributed by atoms with Crippen LogP contribution in [0.5, 0.6) is 0 Å². The molecule has 0 spiro atoms. The van der Waals surface area contributed by atoms with Crippen molar-refractivity contribution in [1.82, 2.24) is 5.32 Å². The van der Waals surface area contributed by atoms with Gasteiger partial charge in [-0.3, -0.25) is 13.8 Å². The van der Waals surface area contributed by atoms with Crippen LogP contribution in [0, 0.1) is 0 Å². The van der Waals surface area contributed by atoms with E-state index in [4.69, 9.17) is 9.05 Å². The van der Waals surface area contributed by atoms with Gasteiger partial charge in [0, 0.05) is 6.42 Å². The number of nitrogens with one attached hydrogen (secondary N) is 1. The minimum absolute atomic E-state index is 0.0272. The lowest BCUT2D eigenvalue weighted by molar-refractivity contribution is -0.870. The van der Waals surface area contributed by atoms with Gasteiger partial charge in [0.05, 0.1) is 52.1 Å². The zero-order valence-corrected chi connectivity index (χ0v) is 36.5. The zero-order chi connectivity index (χ0) is 41.0. The Morgan fingerprint density at radius 1 is 0.673 bits per heavy atom. The first-order valence-electron chi connectivity index (χ1n) is 21.7. The minimum Gasteiger partial charge on any atom is -0.391 e. The van der Waals surface area contributed by atoms with Gasteiger partial charge in [0.15, 0.2) is 0 Å². The number of hydrogen-bond acceptors (Lipinski definition) is 7. The molecular weight excluding hydrogens is 715 g/mol. The standard InChI is InChI=1S/C44H83N2O8P/c1-6-8-10-12-14-15-16-17-18-19-20-21-23-29-35-43(49)42(39-54-55(51,52)53-38-37-46(3,4)5)45-44(50)36-30-34-41(48)33-28-25-24-27-32-40(47)31-26-22-13-11-9-7-2/h22,24-28,32-33,40-43,47-49H,6-21,23,29-31,34-39H2,1-5H3,(H-,45,50,51,52)/p+1/b25-24+,26-22-,32-27+,33-28-/t40-,41-,42-,43+/m0/s1. The molecule has 0 saturated carbocycles. The summed E-state index contributed by atoms with van der Waals surface area (Å²) in [7, 11) is 1.45. The number of aliphatic hydroxyl groups is 3. The number of quaternary nitrogens is 1. The second kappa shape index (κ2) is 35.5. The van der Waals surface area contributed by atoms with Gasteiger partial charge in [-0.05, 0) is 38.5 Å². The van der Waals surface area contributed by atoms with Crippen molar-refractivity contribution in [1.29, 1.82) is 0 Å². The Labute approximate surface area is 336 Å². The minimum atomic E-state index is -4.38. The normalized spacial score (nSPS) is 16.0. The molecule has 0 aromatic rings. The predicted molar refractivity (Wildman–Crippen MR) is 229 cm³/mol. The molecule has 10 nitrogen and oxygen atoms in total. The lowest BCUT2D eigenvalue weighted by atomic mass is 10.0. The van der Waals surface area contributed by atoms with Crippen molar-refractivity contribution in [2.75, 3.05) is 40.9 Å². The van der Waals surface area contributed by atoms with Crippen LogP contribution in [0.4, 0.5) is 0 Å². The highest BCUT2D eigenvalue weighted by Crippen LogP contribution is 2.43. The van der Waals surface area contributed by atoms with Gasteiger partial charge in [-0.15, -0.1) is 0 Å². The first kappa shape index (κ1) is 53.4. The molecule has 0 aromatic heterocycles. The fourth-order valence-electron chi connectivity index (χ4n) is 5.94. The SMILES string of the molecule is CCCCC/C=C\C[C@H](O)/C=C/C=C/C=C\[C@H](O)CCCC(=O)N[C@@H](COP(=O)(O)OCC[N+](C)(C)C)[C@H](O)CCCCCCCCCCCCCCCC. The van der Waals surface area contributed by atoms with E-state index < -0.39 is 32.2 Å².